The van der Waals surface area contributed by atoms with Crippen LogP contribution in [-0.4, -0.2) is 29.7 Å². The van der Waals surface area contributed by atoms with Gasteiger partial charge in [0, 0.05) is 5.56 Å². The van der Waals surface area contributed by atoms with Crippen molar-refractivity contribution in [3.8, 4) is 5.75 Å². The van der Waals surface area contributed by atoms with E-state index in [1.54, 1.807) is 69.3 Å². The first-order chi connectivity index (χ1) is 22.0. The Balaban J connectivity index is 1.55. The Labute approximate surface area is 295 Å². The average molecular weight is 866 g/mol. The van der Waals surface area contributed by atoms with Crippen LogP contribution in [0.25, 0.3) is 6.08 Å². The number of carbonyl (C=O) groups is 2. The lowest BCUT2D eigenvalue weighted by molar-refractivity contribution is -0.143. The van der Waals surface area contributed by atoms with Gasteiger partial charge in [-0.05, 0) is 107 Å². The number of thiazole rings is 1. The minimum Gasteiger partial charge on any atom is -0.487 e. The van der Waals surface area contributed by atoms with E-state index in [-0.39, 0.29) is 42.1 Å². The summed E-state index contributed by atoms with van der Waals surface area (Å²) in [6, 6.07) is 16.6. The van der Waals surface area contributed by atoms with E-state index in [9.17, 15) is 18.8 Å². The zero-order valence-electron chi connectivity index (χ0n) is 25.3. The maximum atomic E-state index is 14.1. The molecule has 0 N–H and O–H groups in total. The second-order valence-electron chi connectivity index (χ2n) is 10.7. The Kier molecular flexibility index (Phi) is 10.8. The molecular formula is C34H29FI2N2O6S. The number of ether oxygens (including phenoxy) is 3. The van der Waals surface area contributed by atoms with Crippen LogP contribution >= 0.6 is 56.5 Å². The lowest BCUT2D eigenvalue weighted by Gasteiger charge is -2.25. The molecule has 2 heterocycles. The summed E-state index contributed by atoms with van der Waals surface area (Å²) in [5, 5.41) is 0. The Morgan fingerprint density at radius 3 is 2.39 bits per heavy atom. The van der Waals surface area contributed by atoms with Crippen molar-refractivity contribution in [2.45, 2.75) is 45.9 Å². The smallest absolute Gasteiger partial charge is 0.338 e. The molecule has 0 bridgehead atoms. The lowest BCUT2D eigenvalue weighted by atomic mass is 9.94. The second kappa shape index (κ2) is 14.6. The molecule has 0 radical (unpaired) electrons. The number of fused-ring (bicyclic) bond motifs is 1. The molecule has 0 fully saturated rings. The molecule has 1 aliphatic rings. The Morgan fingerprint density at radius 2 is 1.76 bits per heavy atom. The predicted octanol–water partition coefficient (Wildman–Crippen LogP) is 5.83. The first-order valence-electron chi connectivity index (χ1n) is 14.2. The molecule has 0 saturated heterocycles. The number of hydrogen-bond acceptors (Lipinski definition) is 8. The number of carbonyl (C=O) groups excluding carboxylic acids is 2. The zero-order valence-corrected chi connectivity index (χ0v) is 30.4. The van der Waals surface area contributed by atoms with E-state index in [1.165, 1.54) is 29.1 Å². The normalized spacial score (nSPS) is 14.6. The van der Waals surface area contributed by atoms with E-state index < -0.39 is 12.0 Å². The van der Waals surface area contributed by atoms with Crippen molar-refractivity contribution in [3.63, 3.8) is 0 Å². The van der Waals surface area contributed by atoms with Crippen LogP contribution in [0, 0.1) is 13.0 Å². The van der Waals surface area contributed by atoms with Gasteiger partial charge in [0.05, 0.1) is 48.6 Å². The van der Waals surface area contributed by atoms with Crippen molar-refractivity contribution in [2.24, 2.45) is 4.99 Å². The molecule has 238 valence electrons. The van der Waals surface area contributed by atoms with Gasteiger partial charge in [0.1, 0.15) is 18.2 Å². The van der Waals surface area contributed by atoms with Gasteiger partial charge in [-0.1, -0.05) is 53.8 Å². The van der Waals surface area contributed by atoms with E-state index in [2.05, 4.69) is 50.2 Å². The molecule has 1 atom stereocenters. The molecule has 1 aromatic heterocycles. The van der Waals surface area contributed by atoms with Crippen molar-refractivity contribution < 1.29 is 28.2 Å². The van der Waals surface area contributed by atoms with E-state index in [1.807, 2.05) is 12.1 Å². The lowest BCUT2D eigenvalue weighted by Crippen LogP contribution is -2.40. The Hall–Kier alpha value is -3.37. The molecule has 46 heavy (non-hydrogen) atoms. The zero-order chi connectivity index (χ0) is 33.1. The van der Waals surface area contributed by atoms with Crippen molar-refractivity contribution >= 4 is 74.5 Å². The first-order valence-corrected chi connectivity index (χ1v) is 17.2. The van der Waals surface area contributed by atoms with Gasteiger partial charge in [0.2, 0.25) is 0 Å². The first kappa shape index (κ1) is 34.0. The molecule has 12 heteroatoms. The number of hydrogen-bond donors (Lipinski definition) is 0. The number of esters is 2. The molecular weight excluding hydrogens is 837 g/mol. The molecule has 4 aromatic rings. The summed E-state index contributed by atoms with van der Waals surface area (Å²) in [6.07, 6.45) is 1.52. The van der Waals surface area contributed by atoms with Crippen LogP contribution in [0.2, 0.25) is 0 Å². The predicted molar refractivity (Wildman–Crippen MR) is 190 cm³/mol. The molecule has 8 nitrogen and oxygen atoms in total. The Bertz CT molecular complexity index is 2010. The minimum absolute atomic E-state index is 0.0845. The van der Waals surface area contributed by atoms with Gasteiger partial charge in [0.15, 0.2) is 4.80 Å². The van der Waals surface area contributed by atoms with Crippen molar-refractivity contribution in [1.29, 1.82) is 0 Å². The number of halogens is 3. The van der Waals surface area contributed by atoms with Gasteiger partial charge in [-0.2, -0.15) is 0 Å². The maximum absolute atomic E-state index is 14.1. The van der Waals surface area contributed by atoms with Crippen LogP contribution < -0.4 is 19.6 Å². The van der Waals surface area contributed by atoms with Gasteiger partial charge < -0.3 is 14.2 Å². The molecule has 5 rings (SSSR count). The van der Waals surface area contributed by atoms with Crippen LogP contribution in [-0.2, 0) is 32.1 Å². The van der Waals surface area contributed by atoms with Gasteiger partial charge in [0.25, 0.3) is 5.56 Å². The highest BCUT2D eigenvalue weighted by Crippen LogP contribution is 2.32. The Morgan fingerprint density at radius 1 is 1.09 bits per heavy atom. The molecule has 0 aliphatic carbocycles. The average Bonchev–Trinajstić information content (AvgIpc) is 3.30. The van der Waals surface area contributed by atoms with E-state index in [0.717, 1.165) is 18.3 Å². The van der Waals surface area contributed by atoms with E-state index in [4.69, 9.17) is 14.2 Å². The topological polar surface area (TPSA) is 96.2 Å². The fourth-order valence-electron chi connectivity index (χ4n) is 4.95. The number of nitrogens with zero attached hydrogens (tertiary/aromatic N) is 2. The molecule has 0 saturated carbocycles. The van der Waals surface area contributed by atoms with Gasteiger partial charge in [-0.3, -0.25) is 14.2 Å². The second-order valence-corrected chi connectivity index (χ2v) is 14.1. The maximum Gasteiger partial charge on any atom is 0.338 e. The molecule has 1 aliphatic heterocycles. The molecule has 3 aromatic carbocycles. The van der Waals surface area contributed by atoms with Crippen LogP contribution in [0.4, 0.5) is 4.39 Å². The van der Waals surface area contributed by atoms with Crippen LogP contribution in [0.5, 0.6) is 5.75 Å². The third kappa shape index (κ3) is 7.44. The van der Waals surface area contributed by atoms with Crippen LogP contribution in [0.15, 0.2) is 81.7 Å². The summed E-state index contributed by atoms with van der Waals surface area (Å²) in [7, 11) is 1.33. The number of rotatable bonds is 9. The van der Waals surface area contributed by atoms with Crippen molar-refractivity contribution in [3.05, 3.63) is 127 Å². The minimum atomic E-state index is -0.786. The highest BCUT2D eigenvalue weighted by Gasteiger charge is 2.34. The van der Waals surface area contributed by atoms with Gasteiger partial charge in [-0.15, -0.1) is 0 Å². The quantitative estimate of drug-likeness (QED) is 0.155. The largest absolute Gasteiger partial charge is 0.487 e. The summed E-state index contributed by atoms with van der Waals surface area (Å²) >= 11 is 5.56. The highest BCUT2D eigenvalue weighted by atomic mass is 127. The third-order valence-corrected chi connectivity index (χ3v) is 9.69. The number of benzene rings is 3. The summed E-state index contributed by atoms with van der Waals surface area (Å²) in [5.74, 6) is -0.621. The summed E-state index contributed by atoms with van der Waals surface area (Å²) in [4.78, 5) is 44.4. The monoisotopic (exact) mass is 866 g/mol. The third-order valence-electron chi connectivity index (χ3n) is 7.10. The van der Waals surface area contributed by atoms with Gasteiger partial charge in [-0.25, -0.2) is 14.2 Å². The fraction of sp³-hybridized carbons (Fsp3) is 0.235. The summed E-state index contributed by atoms with van der Waals surface area (Å²) in [6.45, 7) is 5.34. The molecule has 0 amide bonds. The van der Waals surface area contributed by atoms with Crippen LogP contribution in [0.1, 0.15) is 49.1 Å². The van der Waals surface area contributed by atoms with Gasteiger partial charge >= 0.3 is 11.9 Å². The van der Waals surface area contributed by atoms with Crippen LogP contribution in [0.3, 0.4) is 0 Å². The number of aromatic nitrogens is 1. The molecule has 0 spiro atoms. The van der Waals surface area contributed by atoms with Crippen molar-refractivity contribution in [2.75, 3.05) is 7.11 Å². The SMILES string of the molecule is COC(=O)Cc1ccc([C@@H]2C(C(=O)OC(C)C)=C(C)N=c3s/c(=C/c4cc(I)c(OCc5ccccc5F)c(I)c4)c(=O)n32)cc1. The van der Waals surface area contributed by atoms with E-state index in [0.29, 0.717) is 31.9 Å². The highest BCUT2D eigenvalue weighted by molar-refractivity contribution is 14.1. The molecule has 0 unspecified atom stereocenters. The standard InChI is InChI=1S/C34H29FI2N2O6S/c1-18(2)45-33(42)29-19(3)38-34-39(30(29)22-11-9-20(10-12-22)16-28(40)43-4)32(41)27(46-34)15-21-13-25(36)31(26(37)14-21)44-17-23-7-5-6-8-24(23)35/h5-15,18,30H,16-17H2,1-4H3/b27-15+/t30-/m1/s1. The number of methoxy groups -OCH3 is 1. The van der Waals surface area contributed by atoms with E-state index >= 15 is 0 Å². The fourth-order valence-corrected chi connectivity index (χ4v) is 8.12. The summed E-state index contributed by atoms with van der Waals surface area (Å²) in [5.41, 5.74) is 3.07. The number of allylic oxidation sites excluding steroid dienone is 1. The van der Waals surface area contributed by atoms with Crippen molar-refractivity contribution in [1.82, 2.24) is 4.57 Å². The summed E-state index contributed by atoms with van der Waals surface area (Å²) < 4.78 is 34.0.